The van der Waals surface area contributed by atoms with E-state index in [1.165, 1.54) is 38.5 Å². The van der Waals surface area contributed by atoms with Gasteiger partial charge in [-0.2, -0.15) is 0 Å². The minimum absolute atomic E-state index is 0.331. The van der Waals surface area contributed by atoms with Crippen LogP contribution in [0.15, 0.2) is 18.2 Å². The summed E-state index contributed by atoms with van der Waals surface area (Å²) in [5.74, 6) is 0.331. The summed E-state index contributed by atoms with van der Waals surface area (Å²) < 4.78 is 0. The van der Waals surface area contributed by atoms with Crippen molar-refractivity contribution in [2.24, 2.45) is 0 Å². The van der Waals surface area contributed by atoms with Crippen LogP contribution in [0.2, 0.25) is 0 Å². The van der Waals surface area contributed by atoms with E-state index in [1.807, 2.05) is 31.1 Å². The van der Waals surface area contributed by atoms with Gasteiger partial charge in [0.05, 0.1) is 5.69 Å². The number of nitrogens with zero attached hydrogens (tertiary/aromatic N) is 1. The van der Waals surface area contributed by atoms with Crippen LogP contribution in [-0.4, -0.2) is 25.7 Å². The molecule has 19 heavy (non-hydrogen) atoms. The van der Waals surface area contributed by atoms with Crippen molar-refractivity contribution in [1.82, 2.24) is 0 Å². The fourth-order valence-corrected chi connectivity index (χ4v) is 2.27. The van der Waals surface area contributed by atoms with Crippen molar-refractivity contribution in [3.63, 3.8) is 0 Å². The first-order chi connectivity index (χ1) is 9.16. The topological polar surface area (TPSA) is 35.5 Å². The number of unbranched alkanes of at least 4 members (excludes halogenated alkanes) is 5. The first kappa shape index (κ1) is 15.7. The number of para-hydroxylation sites is 1. The summed E-state index contributed by atoms with van der Waals surface area (Å²) in [6.07, 6.45) is 7.80. The molecule has 1 rings (SSSR count). The van der Waals surface area contributed by atoms with Crippen LogP contribution in [0.25, 0.3) is 0 Å². The molecule has 0 amide bonds. The first-order valence-electron chi connectivity index (χ1n) is 7.40. The molecule has 1 aromatic rings. The van der Waals surface area contributed by atoms with Crippen LogP contribution < -0.4 is 10.2 Å². The highest BCUT2D eigenvalue weighted by Gasteiger charge is 2.08. The predicted octanol–water partition coefficient (Wildman–Crippen LogP) is 4.23. The lowest BCUT2D eigenvalue weighted by Gasteiger charge is -2.19. The highest BCUT2D eigenvalue weighted by Crippen LogP contribution is 2.33. The van der Waals surface area contributed by atoms with E-state index in [0.717, 1.165) is 17.9 Å². The molecule has 0 aliphatic carbocycles. The fraction of sp³-hybridized carbons (Fsp3) is 0.625. The van der Waals surface area contributed by atoms with Crippen LogP contribution in [0.1, 0.15) is 45.4 Å². The first-order valence-corrected chi connectivity index (χ1v) is 7.40. The van der Waals surface area contributed by atoms with E-state index in [-0.39, 0.29) is 0 Å². The Labute approximate surface area is 117 Å². The highest BCUT2D eigenvalue weighted by atomic mass is 16.3. The van der Waals surface area contributed by atoms with Crippen molar-refractivity contribution in [1.29, 1.82) is 0 Å². The van der Waals surface area contributed by atoms with E-state index < -0.39 is 0 Å². The molecule has 0 radical (unpaired) electrons. The van der Waals surface area contributed by atoms with Crippen molar-refractivity contribution < 1.29 is 5.11 Å². The molecule has 0 aromatic heterocycles. The summed E-state index contributed by atoms with van der Waals surface area (Å²) in [5.41, 5.74) is 1.88. The maximum atomic E-state index is 9.88. The molecule has 3 nitrogen and oxygen atoms in total. The molecule has 0 saturated heterocycles. The van der Waals surface area contributed by atoms with E-state index in [0.29, 0.717) is 5.75 Å². The van der Waals surface area contributed by atoms with Gasteiger partial charge in [0.25, 0.3) is 0 Å². The smallest absolute Gasteiger partial charge is 0.140 e. The van der Waals surface area contributed by atoms with Crippen LogP contribution in [0, 0.1) is 0 Å². The van der Waals surface area contributed by atoms with E-state index in [9.17, 15) is 5.11 Å². The van der Waals surface area contributed by atoms with Crippen LogP contribution in [0.5, 0.6) is 5.75 Å². The Morgan fingerprint density at radius 3 is 2.42 bits per heavy atom. The van der Waals surface area contributed by atoms with Gasteiger partial charge in [0.1, 0.15) is 11.4 Å². The van der Waals surface area contributed by atoms with E-state index in [2.05, 4.69) is 12.2 Å². The molecular formula is C16H28N2O. The number of phenolic OH excluding ortho intramolecular Hbond substituents is 1. The summed E-state index contributed by atoms with van der Waals surface area (Å²) in [5, 5.41) is 13.3. The van der Waals surface area contributed by atoms with E-state index in [4.69, 9.17) is 0 Å². The molecule has 3 heteroatoms. The molecule has 0 unspecified atom stereocenters. The number of rotatable bonds is 9. The molecule has 0 spiro atoms. The average Bonchev–Trinajstić information content (AvgIpc) is 2.37. The van der Waals surface area contributed by atoms with Gasteiger partial charge in [0.2, 0.25) is 0 Å². The zero-order valence-electron chi connectivity index (χ0n) is 12.6. The van der Waals surface area contributed by atoms with Crippen molar-refractivity contribution in [3.8, 4) is 5.75 Å². The third-order valence-corrected chi connectivity index (χ3v) is 3.31. The Bertz CT molecular complexity index is 364. The van der Waals surface area contributed by atoms with Crippen molar-refractivity contribution >= 4 is 11.4 Å². The minimum Gasteiger partial charge on any atom is -0.506 e. The lowest BCUT2D eigenvalue weighted by molar-refractivity contribution is 0.476. The quantitative estimate of drug-likeness (QED) is 0.655. The van der Waals surface area contributed by atoms with Crippen LogP contribution in [0.4, 0.5) is 11.4 Å². The molecule has 0 aliphatic heterocycles. The molecule has 0 heterocycles. The van der Waals surface area contributed by atoms with Gasteiger partial charge in [0, 0.05) is 20.6 Å². The highest BCUT2D eigenvalue weighted by molar-refractivity contribution is 5.75. The molecule has 0 bridgehead atoms. The summed E-state index contributed by atoms with van der Waals surface area (Å²) in [4.78, 5) is 1.94. The number of anilines is 2. The zero-order valence-corrected chi connectivity index (χ0v) is 12.6. The summed E-state index contributed by atoms with van der Waals surface area (Å²) in [7, 11) is 3.90. The Hall–Kier alpha value is -1.38. The van der Waals surface area contributed by atoms with Crippen LogP contribution in [-0.2, 0) is 0 Å². The van der Waals surface area contributed by atoms with Crippen LogP contribution >= 0.6 is 0 Å². The SMILES string of the molecule is CCCCCCCCNc1cccc(O)c1N(C)C. The van der Waals surface area contributed by atoms with Gasteiger partial charge in [-0.15, -0.1) is 0 Å². The number of phenols is 1. The second-order valence-corrected chi connectivity index (χ2v) is 5.26. The largest absolute Gasteiger partial charge is 0.506 e. The Morgan fingerprint density at radius 1 is 1.05 bits per heavy atom. The Kier molecular flexibility index (Phi) is 7.16. The van der Waals surface area contributed by atoms with E-state index in [1.54, 1.807) is 6.07 Å². The summed E-state index contributed by atoms with van der Waals surface area (Å²) >= 11 is 0. The van der Waals surface area contributed by atoms with Crippen molar-refractivity contribution in [2.75, 3.05) is 30.9 Å². The molecule has 108 valence electrons. The molecule has 2 N–H and O–H groups in total. The summed E-state index contributed by atoms with van der Waals surface area (Å²) in [6.45, 7) is 3.21. The molecular weight excluding hydrogens is 236 g/mol. The number of aromatic hydroxyl groups is 1. The lowest BCUT2D eigenvalue weighted by Crippen LogP contribution is -2.13. The van der Waals surface area contributed by atoms with Crippen molar-refractivity contribution in [3.05, 3.63) is 18.2 Å². The van der Waals surface area contributed by atoms with Gasteiger partial charge in [-0.1, -0.05) is 45.1 Å². The number of hydrogen-bond donors (Lipinski definition) is 2. The Morgan fingerprint density at radius 2 is 1.74 bits per heavy atom. The second-order valence-electron chi connectivity index (χ2n) is 5.26. The second kappa shape index (κ2) is 8.68. The maximum absolute atomic E-state index is 9.88. The van der Waals surface area contributed by atoms with Gasteiger partial charge in [-0.05, 0) is 18.6 Å². The minimum atomic E-state index is 0.331. The normalized spacial score (nSPS) is 10.5. The van der Waals surface area contributed by atoms with Gasteiger partial charge < -0.3 is 15.3 Å². The van der Waals surface area contributed by atoms with Gasteiger partial charge >= 0.3 is 0 Å². The molecule has 0 aliphatic rings. The average molecular weight is 264 g/mol. The Balaban J connectivity index is 2.35. The third-order valence-electron chi connectivity index (χ3n) is 3.31. The van der Waals surface area contributed by atoms with Crippen LogP contribution in [0.3, 0.4) is 0 Å². The molecule has 1 aromatic carbocycles. The predicted molar refractivity (Wildman–Crippen MR) is 84.3 cm³/mol. The number of benzene rings is 1. The monoisotopic (exact) mass is 264 g/mol. The zero-order chi connectivity index (χ0) is 14.1. The fourth-order valence-electron chi connectivity index (χ4n) is 2.27. The maximum Gasteiger partial charge on any atom is 0.140 e. The van der Waals surface area contributed by atoms with Gasteiger partial charge in [0.15, 0.2) is 0 Å². The van der Waals surface area contributed by atoms with E-state index >= 15 is 0 Å². The standard InChI is InChI=1S/C16H28N2O/c1-4-5-6-7-8-9-13-17-14-11-10-12-15(19)16(14)18(2)3/h10-12,17,19H,4-9,13H2,1-3H3. The molecule has 0 atom stereocenters. The third kappa shape index (κ3) is 5.41. The van der Waals surface area contributed by atoms with Gasteiger partial charge in [-0.25, -0.2) is 0 Å². The molecule has 0 fully saturated rings. The van der Waals surface area contributed by atoms with Crippen molar-refractivity contribution in [2.45, 2.75) is 45.4 Å². The van der Waals surface area contributed by atoms with Gasteiger partial charge in [-0.3, -0.25) is 0 Å². The lowest BCUT2D eigenvalue weighted by atomic mass is 10.1. The number of hydrogen-bond acceptors (Lipinski definition) is 3. The number of nitrogens with one attached hydrogen (secondary N) is 1. The molecule has 0 saturated carbocycles. The summed E-state index contributed by atoms with van der Waals surface area (Å²) in [6, 6.07) is 5.63.